The van der Waals surface area contributed by atoms with Crippen molar-refractivity contribution in [2.24, 2.45) is 0 Å². The molecule has 1 aliphatic heterocycles. The van der Waals surface area contributed by atoms with Crippen LogP contribution in [-0.2, 0) is 11.2 Å². The Morgan fingerprint density at radius 2 is 2.16 bits per heavy atom. The van der Waals surface area contributed by atoms with Gasteiger partial charge in [0.2, 0.25) is 5.91 Å². The lowest BCUT2D eigenvalue weighted by molar-refractivity contribution is -0.123. The van der Waals surface area contributed by atoms with E-state index < -0.39 is 0 Å². The van der Waals surface area contributed by atoms with Crippen LogP contribution in [0.2, 0.25) is 0 Å². The Kier molecular flexibility index (Phi) is 5.36. The number of unbranched alkanes of at least 4 members (excludes halogenated alkanes) is 2. The van der Waals surface area contributed by atoms with Crippen molar-refractivity contribution in [1.29, 1.82) is 0 Å². The van der Waals surface area contributed by atoms with Gasteiger partial charge in [-0.2, -0.15) is 0 Å². The molecule has 1 aromatic carbocycles. The highest BCUT2D eigenvalue weighted by Crippen LogP contribution is 2.22. The van der Waals surface area contributed by atoms with E-state index in [1.54, 1.807) is 0 Å². The topological polar surface area (TPSA) is 61.4 Å². The number of fused-ring (bicyclic) bond motifs is 1. The number of carbonyl (C=O) groups excluding carboxylic acids is 1. The van der Waals surface area contributed by atoms with Gasteiger partial charge in [-0.1, -0.05) is 24.3 Å². The van der Waals surface area contributed by atoms with Gasteiger partial charge in [0.25, 0.3) is 0 Å². The Balaban J connectivity index is 1.86. The van der Waals surface area contributed by atoms with E-state index in [9.17, 15) is 4.79 Å². The largest absolute Gasteiger partial charge is 0.396 e. The molecule has 0 saturated heterocycles. The van der Waals surface area contributed by atoms with E-state index in [4.69, 9.17) is 5.11 Å². The van der Waals surface area contributed by atoms with Crippen LogP contribution in [0.4, 0.5) is 0 Å². The smallest absolute Gasteiger partial charge is 0.241 e. The predicted octanol–water partition coefficient (Wildman–Crippen LogP) is 1.15. The fourth-order valence-corrected chi connectivity index (χ4v) is 2.47. The van der Waals surface area contributed by atoms with Gasteiger partial charge in [-0.25, -0.2) is 0 Å². The molecule has 104 valence electrons. The second-order valence-corrected chi connectivity index (χ2v) is 4.91. The molecule has 19 heavy (non-hydrogen) atoms. The summed E-state index contributed by atoms with van der Waals surface area (Å²) in [6.07, 6.45) is 3.66. The monoisotopic (exact) mass is 262 g/mol. The van der Waals surface area contributed by atoms with Crippen LogP contribution in [0.1, 0.15) is 36.4 Å². The Labute approximate surface area is 114 Å². The van der Waals surface area contributed by atoms with Crippen molar-refractivity contribution >= 4 is 5.91 Å². The van der Waals surface area contributed by atoms with Crippen molar-refractivity contribution in [2.75, 3.05) is 19.7 Å². The second-order valence-electron chi connectivity index (χ2n) is 4.91. The highest BCUT2D eigenvalue weighted by Gasteiger charge is 2.25. The molecular formula is C15H22N2O2. The second kappa shape index (κ2) is 7.26. The van der Waals surface area contributed by atoms with Crippen LogP contribution in [0.3, 0.4) is 0 Å². The Morgan fingerprint density at radius 1 is 1.32 bits per heavy atom. The number of rotatable bonds is 6. The molecule has 1 unspecified atom stereocenters. The molecule has 0 radical (unpaired) electrons. The highest BCUT2D eigenvalue weighted by molar-refractivity contribution is 5.83. The number of amides is 1. The minimum absolute atomic E-state index is 0.0520. The number of carbonyl (C=O) groups is 1. The van der Waals surface area contributed by atoms with Crippen LogP contribution in [0.5, 0.6) is 0 Å². The zero-order valence-corrected chi connectivity index (χ0v) is 11.2. The van der Waals surface area contributed by atoms with E-state index in [2.05, 4.69) is 16.7 Å². The number of aliphatic hydroxyl groups is 1. The van der Waals surface area contributed by atoms with Crippen molar-refractivity contribution in [2.45, 2.75) is 31.7 Å². The van der Waals surface area contributed by atoms with Crippen LogP contribution in [0.25, 0.3) is 0 Å². The standard InChI is InChI=1S/C15H22N2O2/c18-11-5-1-4-9-17-15(19)14-13-7-3-2-6-12(13)8-10-16-14/h2-3,6-7,14,16,18H,1,4-5,8-11H2,(H,17,19). The summed E-state index contributed by atoms with van der Waals surface area (Å²) in [4.78, 5) is 12.2. The summed E-state index contributed by atoms with van der Waals surface area (Å²) in [5.41, 5.74) is 2.36. The van der Waals surface area contributed by atoms with E-state index in [1.165, 1.54) is 5.56 Å². The lowest BCUT2D eigenvalue weighted by Crippen LogP contribution is -2.41. The molecule has 0 aromatic heterocycles. The molecule has 0 fully saturated rings. The SMILES string of the molecule is O=C(NCCCCCO)C1NCCc2ccccc21. The zero-order valence-electron chi connectivity index (χ0n) is 11.2. The molecule has 1 amide bonds. The predicted molar refractivity (Wildman–Crippen MR) is 74.8 cm³/mol. The van der Waals surface area contributed by atoms with Crippen LogP contribution < -0.4 is 10.6 Å². The van der Waals surface area contributed by atoms with E-state index in [0.717, 1.165) is 37.8 Å². The van der Waals surface area contributed by atoms with Crippen LogP contribution in [0.15, 0.2) is 24.3 Å². The maximum atomic E-state index is 12.2. The van der Waals surface area contributed by atoms with E-state index in [-0.39, 0.29) is 18.6 Å². The highest BCUT2D eigenvalue weighted by atomic mass is 16.2. The van der Waals surface area contributed by atoms with Gasteiger partial charge in [0.05, 0.1) is 0 Å². The fraction of sp³-hybridized carbons (Fsp3) is 0.533. The maximum absolute atomic E-state index is 12.2. The number of nitrogens with one attached hydrogen (secondary N) is 2. The van der Waals surface area contributed by atoms with E-state index in [1.807, 2.05) is 18.2 Å². The molecule has 2 rings (SSSR count). The Hall–Kier alpha value is -1.39. The van der Waals surface area contributed by atoms with Crippen molar-refractivity contribution in [3.05, 3.63) is 35.4 Å². The number of aliphatic hydroxyl groups excluding tert-OH is 1. The summed E-state index contributed by atoms with van der Waals surface area (Å²) < 4.78 is 0. The summed E-state index contributed by atoms with van der Waals surface area (Å²) in [7, 11) is 0. The molecule has 1 aromatic rings. The van der Waals surface area contributed by atoms with Gasteiger partial charge < -0.3 is 15.7 Å². The molecule has 1 aliphatic rings. The van der Waals surface area contributed by atoms with Crippen molar-refractivity contribution in [3.63, 3.8) is 0 Å². The molecule has 1 atom stereocenters. The van der Waals surface area contributed by atoms with Gasteiger partial charge in [0, 0.05) is 19.7 Å². The van der Waals surface area contributed by atoms with Crippen LogP contribution >= 0.6 is 0 Å². The van der Waals surface area contributed by atoms with Gasteiger partial charge in [0.15, 0.2) is 0 Å². The third-order valence-corrected chi connectivity index (χ3v) is 3.51. The normalized spacial score (nSPS) is 17.8. The summed E-state index contributed by atoms with van der Waals surface area (Å²) in [6.45, 7) is 1.75. The minimum atomic E-state index is -0.220. The molecule has 3 N–H and O–H groups in total. The van der Waals surface area contributed by atoms with Gasteiger partial charge in [-0.3, -0.25) is 4.79 Å². The van der Waals surface area contributed by atoms with Crippen LogP contribution in [-0.4, -0.2) is 30.7 Å². The molecule has 0 aliphatic carbocycles. The first-order valence-electron chi connectivity index (χ1n) is 7.02. The first kappa shape index (κ1) is 14.0. The molecule has 0 spiro atoms. The first-order chi connectivity index (χ1) is 9.33. The fourth-order valence-electron chi connectivity index (χ4n) is 2.47. The number of hydrogen-bond acceptors (Lipinski definition) is 3. The summed E-state index contributed by atoms with van der Waals surface area (Å²) >= 11 is 0. The molecule has 4 heteroatoms. The molecule has 0 saturated carbocycles. The van der Waals surface area contributed by atoms with Gasteiger partial charge >= 0.3 is 0 Å². The minimum Gasteiger partial charge on any atom is -0.396 e. The van der Waals surface area contributed by atoms with E-state index in [0.29, 0.717) is 6.54 Å². The van der Waals surface area contributed by atoms with Crippen molar-refractivity contribution in [3.8, 4) is 0 Å². The molecular weight excluding hydrogens is 240 g/mol. The van der Waals surface area contributed by atoms with Gasteiger partial charge in [0.1, 0.15) is 6.04 Å². The average Bonchev–Trinajstić information content (AvgIpc) is 2.46. The van der Waals surface area contributed by atoms with Gasteiger partial charge in [-0.15, -0.1) is 0 Å². The van der Waals surface area contributed by atoms with Crippen molar-refractivity contribution in [1.82, 2.24) is 10.6 Å². The van der Waals surface area contributed by atoms with Gasteiger partial charge in [-0.05, 0) is 36.8 Å². The average molecular weight is 262 g/mol. The maximum Gasteiger partial charge on any atom is 0.241 e. The Bertz CT molecular complexity index is 420. The quantitative estimate of drug-likeness (QED) is 0.674. The molecule has 0 bridgehead atoms. The molecule has 4 nitrogen and oxygen atoms in total. The summed E-state index contributed by atoms with van der Waals surface area (Å²) in [6, 6.07) is 7.90. The zero-order chi connectivity index (χ0) is 13.5. The third-order valence-electron chi connectivity index (χ3n) is 3.51. The number of benzene rings is 1. The van der Waals surface area contributed by atoms with E-state index >= 15 is 0 Å². The number of hydrogen-bond donors (Lipinski definition) is 3. The molecule has 1 heterocycles. The third kappa shape index (κ3) is 3.78. The summed E-state index contributed by atoms with van der Waals surface area (Å²) in [5, 5.41) is 14.9. The lowest BCUT2D eigenvalue weighted by Gasteiger charge is -2.26. The van der Waals surface area contributed by atoms with Crippen molar-refractivity contribution < 1.29 is 9.90 Å². The first-order valence-corrected chi connectivity index (χ1v) is 7.02. The van der Waals surface area contributed by atoms with Crippen LogP contribution in [0, 0.1) is 0 Å². The summed E-state index contributed by atoms with van der Waals surface area (Å²) in [5.74, 6) is 0.0520. The Morgan fingerprint density at radius 3 is 3.00 bits per heavy atom. The lowest BCUT2D eigenvalue weighted by atomic mass is 9.94.